The third-order valence-electron chi connectivity index (χ3n) is 10.9. The predicted octanol–water partition coefficient (Wildman–Crippen LogP) is 10.9. The van der Waals surface area contributed by atoms with E-state index in [1.54, 1.807) is 6.07 Å². The van der Waals surface area contributed by atoms with Gasteiger partial charge in [-0.25, -0.2) is 15.0 Å². The van der Waals surface area contributed by atoms with E-state index in [1.165, 1.54) is 43.1 Å². The summed E-state index contributed by atoms with van der Waals surface area (Å²) in [6.07, 6.45) is 6.58. The van der Waals surface area contributed by atoms with Gasteiger partial charge in [0.1, 0.15) is 11.2 Å². The molecule has 234 valence electrons. The van der Waals surface area contributed by atoms with E-state index in [0.29, 0.717) is 28.6 Å². The number of nitrogens with zero attached hydrogens (tertiary/aromatic N) is 4. The molecule has 0 radical (unpaired) electrons. The maximum Gasteiger partial charge on any atom is 0.167 e. The molecule has 5 heteroatoms. The third kappa shape index (κ3) is 4.86. The number of hydrogen-bond donors (Lipinski definition) is 0. The summed E-state index contributed by atoms with van der Waals surface area (Å²) < 4.78 is 6.41. The van der Waals surface area contributed by atoms with Gasteiger partial charge in [0, 0.05) is 21.9 Å². The Kier molecular flexibility index (Phi) is 6.69. The van der Waals surface area contributed by atoms with E-state index in [1.807, 2.05) is 30.3 Å². The summed E-state index contributed by atoms with van der Waals surface area (Å²) in [6, 6.07) is 37.6. The zero-order valence-corrected chi connectivity index (χ0v) is 27.3. The van der Waals surface area contributed by atoms with Crippen LogP contribution in [0, 0.1) is 29.1 Å². The number of furan rings is 1. The highest BCUT2D eigenvalue weighted by molar-refractivity contribution is 6.09. The molecule has 2 saturated carbocycles. The summed E-state index contributed by atoms with van der Waals surface area (Å²) in [5.41, 5.74) is 6.45. The van der Waals surface area contributed by atoms with Crippen LogP contribution in [-0.2, 0) is 5.41 Å². The Morgan fingerprint density at radius 3 is 2.15 bits per heavy atom. The molecule has 0 aliphatic heterocycles. The molecule has 2 aromatic heterocycles. The van der Waals surface area contributed by atoms with E-state index in [9.17, 15) is 5.26 Å². The zero-order valence-electron chi connectivity index (χ0n) is 27.3. The van der Waals surface area contributed by atoms with Gasteiger partial charge < -0.3 is 4.42 Å². The average Bonchev–Trinajstić information content (AvgIpc) is 3.49. The van der Waals surface area contributed by atoms with Crippen molar-refractivity contribution < 1.29 is 4.42 Å². The first kappa shape index (κ1) is 28.8. The monoisotopic (exact) mass is 624 g/mol. The maximum absolute atomic E-state index is 9.53. The van der Waals surface area contributed by atoms with Crippen LogP contribution in [0.5, 0.6) is 0 Å². The highest BCUT2D eigenvalue weighted by atomic mass is 16.3. The lowest BCUT2D eigenvalue weighted by Crippen LogP contribution is -2.42. The van der Waals surface area contributed by atoms with E-state index < -0.39 is 0 Å². The van der Waals surface area contributed by atoms with E-state index in [-0.39, 0.29) is 5.41 Å². The highest BCUT2D eigenvalue weighted by Gasteiger charge is 2.45. The Morgan fingerprint density at radius 2 is 1.38 bits per heavy atom. The number of nitriles is 1. The summed E-state index contributed by atoms with van der Waals surface area (Å²) in [5, 5.41) is 13.7. The molecular formula is C43H36N4O. The molecule has 5 aromatic carbocycles. The SMILES string of the molecule is C[C@@H]1C[C@@H]2C[C@H](C)CC(c3ccc(-c4nc(-c5ccc6ccccc6c5)nc(-c5cccc6c5oc5ccc(C#N)cc56)n4)cc3)(C1)C2. The van der Waals surface area contributed by atoms with Gasteiger partial charge in [0.25, 0.3) is 0 Å². The molecular weight excluding hydrogens is 589 g/mol. The molecule has 9 rings (SSSR count). The van der Waals surface area contributed by atoms with Gasteiger partial charge in [-0.1, -0.05) is 86.6 Å². The van der Waals surface area contributed by atoms with Gasteiger partial charge in [0.2, 0.25) is 0 Å². The summed E-state index contributed by atoms with van der Waals surface area (Å²) >= 11 is 0. The number of para-hydroxylation sites is 1. The minimum absolute atomic E-state index is 0.265. The van der Waals surface area contributed by atoms with Crippen molar-refractivity contribution in [3.8, 4) is 40.2 Å². The molecule has 4 atom stereocenters. The van der Waals surface area contributed by atoms with Crippen molar-refractivity contribution >= 4 is 32.7 Å². The molecule has 48 heavy (non-hydrogen) atoms. The normalized spacial score (nSPS) is 22.2. The number of hydrogen-bond acceptors (Lipinski definition) is 5. The van der Waals surface area contributed by atoms with Gasteiger partial charge in [-0.15, -0.1) is 0 Å². The quantitative estimate of drug-likeness (QED) is 0.195. The Labute approximate surface area is 280 Å². The topological polar surface area (TPSA) is 75.6 Å². The number of rotatable bonds is 4. The minimum Gasteiger partial charge on any atom is -0.455 e. The first-order chi connectivity index (χ1) is 23.4. The summed E-state index contributed by atoms with van der Waals surface area (Å²) in [5.74, 6) is 4.17. The molecule has 0 amide bonds. The lowest BCUT2D eigenvalue weighted by Gasteiger charge is -2.50. The Hall–Kier alpha value is -5.34. The molecule has 5 nitrogen and oxygen atoms in total. The van der Waals surface area contributed by atoms with Crippen LogP contribution >= 0.6 is 0 Å². The molecule has 2 aliphatic rings. The third-order valence-corrected chi connectivity index (χ3v) is 10.9. The standard InChI is InChI=1S/C43H36N4O/c1-26-18-29-19-27(2)23-43(22-26,24-29)34-15-13-31(14-16-34)40-45-41(33-12-11-30-6-3-4-7-32(30)21-33)47-42(46-40)36-9-5-8-35-37-20-28(25-44)10-17-38(37)48-39(35)36/h3-17,20-21,26-27,29H,18-19,22-24H2,1-2H3/t26-,27+,29-,43?. The summed E-state index contributed by atoms with van der Waals surface area (Å²) in [4.78, 5) is 15.3. The second-order valence-electron chi connectivity index (χ2n) is 14.5. The maximum atomic E-state index is 9.53. The molecule has 2 aliphatic carbocycles. The Balaban J connectivity index is 1.19. The minimum atomic E-state index is 0.265. The van der Waals surface area contributed by atoms with Crippen LogP contribution in [0.15, 0.2) is 108 Å². The fraction of sp³-hybridized carbons (Fsp3) is 0.256. The second kappa shape index (κ2) is 11.1. The van der Waals surface area contributed by atoms with Crippen LogP contribution in [-0.4, -0.2) is 15.0 Å². The predicted molar refractivity (Wildman–Crippen MR) is 192 cm³/mol. The first-order valence-corrected chi connectivity index (χ1v) is 17.2. The lowest BCUT2D eigenvalue weighted by molar-refractivity contribution is 0.0780. The van der Waals surface area contributed by atoms with Crippen molar-refractivity contribution in [2.75, 3.05) is 0 Å². The van der Waals surface area contributed by atoms with Crippen LogP contribution in [0.25, 0.3) is 66.9 Å². The van der Waals surface area contributed by atoms with Crippen molar-refractivity contribution in [2.45, 2.75) is 51.4 Å². The van der Waals surface area contributed by atoms with Gasteiger partial charge >= 0.3 is 0 Å². The van der Waals surface area contributed by atoms with Crippen LogP contribution in [0.1, 0.15) is 57.1 Å². The fourth-order valence-electron chi connectivity index (χ4n) is 9.16. The summed E-state index contributed by atoms with van der Waals surface area (Å²) in [6.45, 7) is 4.88. The molecule has 2 heterocycles. The smallest absolute Gasteiger partial charge is 0.167 e. The van der Waals surface area contributed by atoms with Crippen molar-refractivity contribution in [2.24, 2.45) is 17.8 Å². The van der Waals surface area contributed by atoms with E-state index in [2.05, 4.69) is 86.6 Å². The molecule has 2 bridgehead atoms. The lowest BCUT2D eigenvalue weighted by atomic mass is 9.54. The van der Waals surface area contributed by atoms with Gasteiger partial charge in [-0.3, -0.25) is 0 Å². The Morgan fingerprint density at radius 1 is 0.667 bits per heavy atom. The molecule has 0 spiro atoms. The molecule has 0 saturated heterocycles. The highest BCUT2D eigenvalue weighted by Crippen LogP contribution is 2.54. The van der Waals surface area contributed by atoms with E-state index >= 15 is 0 Å². The van der Waals surface area contributed by atoms with Crippen LogP contribution in [0.2, 0.25) is 0 Å². The van der Waals surface area contributed by atoms with Crippen molar-refractivity contribution in [1.29, 1.82) is 5.26 Å². The molecule has 2 fully saturated rings. The first-order valence-electron chi connectivity index (χ1n) is 17.2. The van der Waals surface area contributed by atoms with E-state index in [4.69, 9.17) is 19.4 Å². The number of aromatic nitrogens is 3. The van der Waals surface area contributed by atoms with Crippen molar-refractivity contribution in [3.05, 3.63) is 114 Å². The van der Waals surface area contributed by atoms with Crippen molar-refractivity contribution in [3.63, 3.8) is 0 Å². The fourth-order valence-corrected chi connectivity index (χ4v) is 9.16. The van der Waals surface area contributed by atoms with Crippen molar-refractivity contribution in [1.82, 2.24) is 15.0 Å². The van der Waals surface area contributed by atoms with Gasteiger partial charge in [-0.05, 0) is 102 Å². The van der Waals surface area contributed by atoms with Crippen LogP contribution < -0.4 is 0 Å². The van der Waals surface area contributed by atoms with Gasteiger partial charge in [0.15, 0.2) is 17.5 Å². The van der Waals surface area contributed by atoms with Gasteiger partial charge in [0.05, 0.1) is 17.2 Å². The second-order valence-corrected chi connectivity index (χ2v) is 14.5. The summed E-state index contributed by atoms with van der Waals surface area (Å²) in [7, 11) is 0. The number of benzene rings is 5. The van der Waals surface area contributed by atoms with Gasteiger partial charge in [-0.2, -0.15) is 5.26 Å². The van der Waals surface area contributed by atoms with Crippen LogP contribution in [0.3, 0.4) is 0 Å². The Bertz CT molecular complexity index is 2380. The van der Waals surface area contributed by atoms with E-state index in [0.717, 1.165) is 56.2 Å². The largest absolute Gasteiger partial charge is 0.455 e. The molecule has 7 aromatic rings. The molecule has 0 N–H and O–H groups in total. The number of fused-ring (bicyclic) bond motifs is 6. The zero-order chi connectivity index (χ0) is 32.4. The molecule has 1 unspecified atom stereocenters. The average molecular weight is 625 g/mol. The van der Waals surface area contributed by atoms with Crippen LogP contribution in [0.4, 0.5) is 0 Å².